The highest BCUT2D eigenvalue weighted by molar-refractivity contribution is 5.86. The van der Waals surface area contributed by atoms with Crippen molar-refractivity contribution in [3.63, 3.8) is 0 Å². The van der Waals surface area contributed by atoms with Gasteiger partial charge in [0.15, 0.2) is 0 Å². The van der Waals surface area contributed by atoms with Crippen LogP contribution in [0.1, 0.15) is 57.4 Å². The van der Waals surface area contributed by atoms with Crippen molar-refractivity contribution in [1.82, 2.24) is 10.6 Å². The molecule has 34 heavy (non-hydrogen) atoms. The van der Waals surface area contributed by atoms with Crippen LogP contribution in [0.2, 0.25) is 0 Å². The van der Waals surface area contributed by atoms with Crippen molar-refractivity contribution < 1.29 is 24.2 Å². The van der Waals surface area contributed by atoms with Crippen LogP contribution >= 0.6 is 0 Å². The van der Waals surface area contributed by atoms with Crippen LogP contribution in [0, 0.1) is 11.3 Å². The number of hydrogen-bond acceptors (Lipinski definition) is 6. The Balaban J connectivity index is 1.90. The van der Waals surface area contributed by atoms with E-state index in [1.54, 1.807) is 52.8 Å². The molecule has 1 heterocycles. The Morgan fingerprint density at radius 2 is 1.88 bits per heavy atom. The van der Waals surface area contributed by atoms with E-state index in [-0.39, 0.29) is 6.42 Å². The van der Waals surface area contributed by atoms with Gasteiger partial charge in [0.25, 0.3) is 0 Å². The van der Waals surface area contributed by atoms with E-state index in [1.807, 2.05) is 30.3 Å². The zero-order chi connectivity index (χ0) is 25.1. The lowest BCUT2D eigenvalue weighted by atomic mass is 9.85. The van der Waals surface area contributed by atoms with Gasteiger partial charge in [0.05, 0.1) is 17.7 Å². The third-order valence-electron chi connectivity index (χ3n) is 5.46. The summed E-state index contributed by atoms with van der Waals surface area (Å²) in [5.74, 6) is -0.0240. The minimum absolute atomic E-state index is 0.222. The van der Waals surface area contributed by atoms with Crippen LogP contribution in [-0.4, -0.2) is 40.5 Å². The zero-order valence-corrected chi connectivity index (χ0v) is 20.1. The van der Waals surface area contributed by atoms with Gasteiger partial charge in [0.2, 0.25) is 5.91 Å². The fourth-order valence-electron chi connectivity index (χ4n) is 3.79. The number of nitrogens with one attached hydrogen (secondary N) is 2. The smallest absolute Gasteiger partial charge is 0.408 e. The number of nitrogens with zero attached hydrogens (tertiary/aromatic N) is 1. The molecule has 1 aliphatic rings. The Morgan fingerprint density at radius 3 is 2.50 bits per heavy atom. The number of benzene rings is 2. The van der Waals surface area contributed by atoms with Crippen LogP contribution in [-0.2, 0) is 16.0 Å². The zero-order valence-electron chi connectivity index (χ0n) is 20.1. The number of hydrogen-bond donors (Lipinski definition) is 3. The van der Waals surface area contributed by atoms with Crippen LogP contribution in [0.5, 0.6) is 5.75 Å². The molecule has 2 aromatic carbocycles. The third kappa shape index (κ3) is 6.06. The van der Waals surface area contributed by atoms with Gasteiger partial charge in [0.1, 0.15) is 29.1 Å². The number of carbonyl (C=O) groups excluding carboxylic acids is 2. The third-order valence-corrected chi connectivity index (χ3v) is 5.46. The summed E-state index contributed by atoms with van der Waals surface area (Å²) in [6, 6.07) is 14.4. The molecular formula is C26H31N3O5. The summed E-state index contributed by atoms with van der Waals surface area (Å²) in [7, 11) is 0. The van der Waals surface area contributed by atoms with Gasteiger partial charge in [-0.15, -0.1) is 0 Å². The summed E-state index contributed by atoms with van der Waals surface area (Å²) in [6.45, 7) is 8.66. The Morgan fingerprint density at radius 1 is 1.21 bits per heavy atom. The summed E-state index contributed by atoms with van der Waals surface area (Å²) in [5.41, 5.74) is -0.00666. The highest BCUT2D eigenvalue weighted by Crippen LogP contribution is 2.40. The van der Waals surface area contributed by atoms with E-state index in [9.17, 15) is 20.0 Å². The Labute approximate surface area is 199 Å². The summed E-state index contributed by atoms with van der Waals surface area (Å²) >= 11 is 0. The van der Waals surface area contributed by atoms with Crippen molar-refractivity contribution in [3.05, 3.63) is 65.2 Å². The quantitative estimate of drug-likeness (QED) is 0.623. The van der Waals surface area contributed by atoms with E-state index in [0.29, 0.717) is 16.9 Å². The number of rotatable bonds is 5. The minimum Gasteiger partial charge on any atom is -0.485 e. The summed E-state index contributed by atoms with van der Waals surface area (Å²) in [6.07, 6.45) is -1.60. The molecule has 0 aromatic heterocycles. The van der Waals surface area contributed by atoms with Gasteiger partial charge in [-0.2, -0.15) is 5.26 Å². The number of ether oxygens (including phenoxy) is 2. The van der Waals surface area contributed by atoms with E-state index in [2.05, 4.69) is 16.7 Å². The molecule has 0 radical (unpaired) electrons. The second-order valence-electron chi connectivity index (χ2n) is 9.89. The Hall–Kier alpha value is -3.57. The van der Waals surface area contributed by atoms with Crippen molar-refractivity contribution >= 4 is 12.0 Å². The van der Waals surface area contributed by atoms with E-state index in [1.165, 1.54) is 0 Å². The van der Waals surface area contributed by atoms with Gasteiger partial charge in [-0.05, 0) is 58.4 Å². The van der Waals surface area contributed by atoms with E-state index >= 15 is 0 Å². The molecule has 3 atom stereocenters. The number of alkyl carbamates (subject to hydrolysis) is 1. The first kappa shape index (κ1) is 25.1. The number of aliphatic hydroxyl groups excluding tert-OH is 1. The maximum Gasteiger partial charge on any atom is 0.408 e. The lowest BCUT2D eigenvalue weighted by Gasteiger charge is -2.42. The maximum absolute atomic E-state index is 13.4. The highest BCUT2D eigenvalue weighted by Gasteiger charge is 2.44. The predicted molar refractivity (Wildman–Crippen MR) is 126 cm³/mol. The van der Waals surface area contributed by atoms with Gasteiger partial charge in [-0.1, -0.05) is 30.3 Å². The number of amides is 2. The molecule has 2 unspecified atom stereocenters. The maximum atomic E-state index is 13.4. The summed E-state index contributed by atoms with van der Waals surface area (Å²) < 4.78 is 11.3. The van der Waals surface area contributed by atoms with Crippen molar-refractivity contribution in [2.24, 2.45) is 0 Å². The number of fused-ring (bicyclic) bond motifs is 1. The Kier molecular flexibility index (Phi) is 7.18. The lowest BCUT2D eigenvalue weighted by molar-refractivity contribution is -0.127. The average molecular weight is 466 g/mol. The first-order valence-electron chi connectivity index (χ1n) is 11.1. The second-order valence-corrected chi connectivity index (χ2v) is 9.89. The van der Waals surface area contributed by atoms with Gasteiger partial charge < -0.3 is 25.2 Å². The van der Waals surface area contributed by atoms with Crippen LogP contribution in [0.3, 0.4) is 0 Å². The topological polar surface area (TPSA) is 121 Å². The molecule has 3 rings (SSSR count). The van der Waals surface area contributed by atoms with Crippen molar-refractivity contribution in [2.45, 2.75) is 70.4 Å². The standard InChI is InChI=1S/C26H31N3O5/c1-25(2,3)34-24(32)28-19(14-16-9-7-6-8-10-16)23(31)29-21-18-13-17(15-27)11-12-20(18)33-26(4,5)22(21)30/h6-13,19,21-22,30H,14H2,1-5H3,(H,28,32)(H,29,31)/t19-,21?,22?/m0/s1. The van der Waals surface area contributed by atoms with Crippen molar-refractivity contribution in [3.8, 4) is 11.8 Å². The molecule has 8 heteroatoms. The normalized spacial score (nSPS) is 19.6. The molecule has 0 saturated carbocycles. The highest BCUT2D eigenvalue weighted by atomic mass is 16.6. The Bertz CT molecular complexity index is 1090. The molecule has 0 fully saturated rings. The number of nitriles is 1. The molecule has 1 aliphatic heterocycles. The minimum atomic E-state index is -1.10. The van der Waals surface area contributed by atoms with Crippen LogP contribution in [0.25, 0.3) is 0 Å². The number of carbonyl (C=O) groups is 2. The molecule has 2 amide bonds. The average Bonchev–Trinajstić information content (AvgIpc) is 2.75. The van der Waals surface area contributed by atoms with Gasteiger partial charge in [0, 0.05) is 12.0 Å². The van der Waals surface area contributed by atoms with Crippen molar-refractivity contribution in [2.75, 3.05) is 0 Å². The fraction of sp³-hybridized carbons (Fsp3) is 0.423. The number of aliphatic hydroxyl groups is 1. The second kappa shape index (κ2) is 9.74. The van der Waals surface area contributed by atoms with Gasteiger partial charge in [-0.25, -0.2) is 4.79 Å². The molecule has 180 valence electrons. The summed E-state index contributed by atoms with van der Waals surface area (Å²) in [5, 5.41) is 25.9. The molecule has 0 spiro atoms. The predicted octanol–water partition coefficient (Wildman–Crippen LogP) is 3.38. The monoisotopic (exact) mass is 465 g/mol. The molecule has 3 N–H and O–H groups in total. The molecule has 0 aliphatic carbocycles. The van der Waals surface area contributed by atoms with Crippen molar-refractivity contribution in [1.29, 1.82) is 5.26 Å². The van der Waals surface area contributed by atoms with Crippen LogP contribution < -0.4 is 15.4 Å². The van der Waals surface area contributed by atoms with Gasteiger partial charge in [-0.3, -0.25) is 4.79 Å². The fourth-order valence-corrected chi connectivity index (χ4v) is 3.79. The largest absolute Gasteiger partial charge is 0.485 e. The molecule has 8 nitrogen and oxygen atoms in total. The van der Waals surface area contributed by atoms with E-state index in [4.69, 9.17) is 9.47 Å². The molecule has 0 bridgehead atoms. The summed E-state index contributed by atoms with van der Waals surface area (Å²) in [4.78, 5) is 25.9. The first-order valence-corrected chi connectivity index (χ1v) is 11.1. The van der Waals surface area contributed by atoms with Crippen LogP contribution in [0.15, 0.2) is 48.5 Å². The lowest BCUT2D eigenvalue weighted by Crippen LogP contribution is -2.57. The molecular weight excluding hydrogens is 434 g/mol. The molecule has 0 saturated heterocycles. The SMILES string of the molecule is CC(C)(C)OC(=O)N[C@@H](Cc1ccccc1)C(=O)NC1c2cc(C#N)ccc2OC(C)(C)C1O. The molecule has 2 aromatic rings. The van der Waals surface area contributed by atoms with E-state index in [0.717, 1.165) is 5.56 Å². The van der Waals surface area contributed by atoms with Crippen LogP contribution in [0.4, 0.5) is 4.79 Å². The van der Waals surface area contributed by atoms with Gasteiger partial charge >= 0.3 is 6.09 Å². The van der Waals surface area contributed by atoms with E-state index < -0.39 is 41.4 Å². The first-order chi connectivity index (χ1) is 15.9.